The van der Waals surface area contributed by atoms with Crippen LogP contribution >= 0.6 is 0 Å². The molecule has 2 heterocycles. The van der Waals surface area contributed by atoms with Gasteiger partial charge in [0.25, 0.3) is 0 Å². The summed E-state index contributed by atoms with van der Waals surface area (Å²) in [5.41, 5.74) is 13.1. The fourth-order valence-electron chi connectivity index (χ4n) is 9.37. The molecule has 0 N–H and O–H groups in total. The van der Waals surface area contributed by atoms with Crippen molar-refractivity contribution < 1.29 is 4.42 Å². The molecule has 59 heavy (non-hydrogen) atoms. The van der Waals surface area contributed by atoms with Crippen molar-refractivity contribution >= 4 is 82.4 Å². The summed E-state index contributed by atoms with van der Waals surface area (Å²) in [5.74, 6) is 0. The highest BCUT2D eigenvalue weighted by Gasteiger charge is 2.24. The molecule has 3 heteroatoms. The van der Waals surface area contributed by atoms with E-state index in [0.717, 1.165) is 61.4 Å². The van der Waals surface area contributed by atoms with Gasteiger partial charge in [0.1, 0.15) is 11.2 Å². The maximum atomic E-state index is 6.80. The molecule has 0 bridgehead atoms. The summed E-state index contributed by atoms with van der Waals surface area (Å²) in [6.45, 7) is 0. The SMILES string of the molecule is c1ccc(-c2ccc(N(c3ccc(-c4cccc5c4c4ccccc4n5-c4ccccc4)cc3)c3cccc4c3ccc3ccccc34)c3c2oc2ccccc23)cc1. The summed E-state index contributed by atoms with van der Waals surface area (Å²) < 4.78 is 9.19. The molecular formula is C56H36N2O. The number of rotatable bonds is 6. The van der Waals surface area contributed by atoms with Gasteiger partial charge in [-0.25, -0.2) is 0 Å². The molecule has 0 unspecified atom stereocenters. The molecule has 0 aliphatic heterocycles. The van der Waals surface area contributed by atoms with Crippen molar-refractivity contribution in [2.45, 2.75) is 0 Å². The zero-order chi connectivity index (χ0) is 38.9. The maximum absolute atomic E-state index is 6.80. The number of benzene rings is 10. The van der Waals surface area contributed by atoms with Crippen LogP contribution in [0.15, 0.2) is 223 Å². The van der Waals surface area contributed by atoms with E-state index in [1.54, 1.807) is 0 Å². The quantitative estimate of drug-likeness (QED) is 0.158. The van der Waals surface area contributed by atoms with E-state index >= 15 is 0 Å². The number of para-hydroxylation sites is 3. The zero-order valence-corrected chi connectivity index (χ0v) is 32.1. The van der Waals surface area contributed by atoms with Crippen molar-refractivity contribution in [2.75, 3.05) is 4.90 Å². The van der Waals surface area contributed by atoms with Crippen molar-refractivity contribution in [2.24, 2.45) is 0 Å². The largest absolute Gasteiger partial charge is 0.455 e. The maximum Gasteiger partial charge on any atom is 0.145 e. The number of aromatic nitrogens is 1. The van der Waals surface area contributed by atoms with Gasteiger partial charge in [0.2, 0.25) is 0 Å². The van der Waals surface area contributed by atoms with Crippen LogP contribution in [0.3, 0.4) is 0 Å². The molecule has 2 aromatic heterocycles. The molecule has 0 radical (unpaired) electrons. The smallest absolute Gasteiger partial charge is 0.145 e. The molecule has 0 atom stereocenters. The third kappa shape index (κ3) is 5.22. The van der Waals surface area contributed by atoms with Gasteiger partial charge in [-0.1, -0.05) is 158 Å². The molecule has 0 aliphatic rings. The van der Waals surface area contributed by atoms with Gasteiger partial charge >= 0.3 is 0 Å². The summed E-state index contributed by atoms with van der Waals surface area (Å²) in [6.07, 6.45) is 0. The van der Waals surface area contributed by atoms with Crippen molar-refractivity contribution in [3.8, 4) is 27.9 Å². The Morgan fingerprint density at radius 1 is 0.356 bits per heavy atom. The summed E-state index contributed by atoms with van der Waals surface area (Å²) in [7, 11) is 0. The van der Waals surface area contributed by atoms with E-state index in [9.17, 15) is 0 Å². The molecule has 10 aromatic carbocycles. The van der Waals surface area contributed by atoms with Crippen LogP contribution in [0, 0.1) is 0 Å². The Balaban J connectivity index is 1.10. The molecule has 0 amide bonds. The number of furan rings is 1. The zero-order valence-electron chi connectivity index (χ0n) is 32.1. The first-order valence-electron chi connectivity index (χ1n) is 20.2. The van der Waals surface area contributed by atoms with Crippen molar-refractivity contribution in [1.82, 2.24) is 4.57 Å². The first kappa shape index (κ1) is 33.3. The Hall–Kier alpha value is -7.88. The van der Waals surface area contributed by atoms with E-state index in [0.29, 0.717) is 0 Å². The van der Waals surface area contributed by atoms with Crippen LogP contribution in [-0.4, -0.2) is 4.57 Å². The van der Waals surface area contributed by atoms with Crippen LogP contribution < -0.4 is 4.90 Å². The highest BCUT2D eigenvalue weighted by atomic mass is 16.3. The van der Waals surface area contributed by atoms with Gasteiger partial charge in [-0.05, 0) is 93.5 Å². The number of anilines is 3. The molecule has 0 fully saturated rings. The number of fused-ring (bicyclic) bond motifs is 9. The lowest BCUT2D eigenvalue weighted by molar-refractivity contribution is 0.670. The summed E-state index contributed by atoms with van der Waals surface area (Å²) >= 11 is 0. The topological polar surface area (TPSA) is 21.3 Å². The third-order valence-electron chi connectivity index (χ3n) is 12.0. The lowest BCUT2D eigenvalue weighted by Crippen LogP contribution is -2.11. The molecular weight excluding hydrogens is 717 g/mol. The van der Waals surface area contributed by atoms with Gasteiger partial charge in [0.05, 0.1) is 27.8 Å². The average molecular weight is 753 g/mol. The molecule has 12 rings (SSSR count). The Kier molecular flexibility index (Phi) is 7.54. The minimum Gasteiger partial charge on any atom is -0.455 e. The first-order chi connectivity index (χ1) is 29.3. The second kappa shape index (κ2) is 13.4. The minimum atomic E-state index is 0.870. The van der Waals surface area contributed by atoms with E-state index in [1.165, 1.54) is 48.9 Å². The van der Waals surface area contributed by atoms with E-state index in [2.05, 4.69) is 228 Å². The molecule has 0 saturated carbocycles. The van der Waals surface area contributed by atoms with Gasteiger partial charge in [-0.15, -0.1) is 0 Å². The van der Waals surface area contributed by atoms with Crippen LogP contribution in [0.25, 0.3) is 93.2 Å². The highest BCUT2D eigenvalue weighted by molar-refractivity contribution is 6.20. The van der Waals surface area contributed by atoms with Crippen molar-refractivity contribution in [1.29, 1.82) is 0 Å². The standard InChI is InChI=1S/C56H36N2O/c1-3-15-37(16-4-1)44-35-36-52(55-48-22-10-12-28-53(48)59-56(44)55)58(49-26-14-24-45-42-20-8-7-17-38(42)31-34-46(45)49)41-32-29-39(30-33-41)43-23-13-27-51-54(43)47-21-9-11-25-50(47)57(51)40-18-5-2-6-19-40/h1-36H. The predicted molar refractivity (Wildman–Crippen MR) is 249 cm³/mol. The van der Waals surface area contributed by atoms with Gasteiger partial charge in [0, 0.05) is 38.5 Å². The summed E-state index contributed by atoms with van der Waals surface area (Å²) in [6, 6.07) is 78.6. The second-order valence-corrected chi connectivity index (χ2v) is 15.2. The van der Waals surface area contributed by atoms with E-state index in [4.69, 9.17) is 4.42 Å². The van der Waals surface area contributed by atoms with Crippen LogP contribution in [0.4, 0.5) is 17.1 Å². The Morgan fingerprint density at radius 3 is 1.86 bits per heavy atom. The molecule has 276 valence electrons. The summed E-state index contributed by atoms with van der Waals surface area (Å²) in [4.78, 5) is 2.43. The average Bonchev–Trinajstić information content (AvgIpc) is 3.87. The highest BCUT2D eigenvalue weighted by Crippen LogP contribution is 2.48. The normalized spacial score (nSPS) is 11.7. The monoisotopic (exact) mass is 752 g/mol. The van der Waals surface area contributed by atoms with E-state index < -0.39 is 0 Å². The third-order valence-corrected chi connectivity index (χ3v) is 12.0. The lowest BCUT2D eigenvalue weighted by atomic mass is 9.97. The van der Waals surface area contributed by atoms with Crippen LogP contribution in [0.1, 0.15) is 0 Å². The Labute approximate surface area is 341 Å². The molecule has 0 aliphatic carbocycles. The van der Waals surface area contributed by atoms with E-state index in [1.807, 2.05) is 0 Å². The molecule has 0 saturated heterocycles. The van der Waals surface area contributed by atoms with Gasteiger partial charge < -0.3 is 13.9 Å². The number of hydrogen-bond acceptors (Lipinski definition) is 2. The summed E-state index contributed by atoms with van der Waals surface area (Å²) in [5, 5.41) is 9.53. The number of nitrogens with zero attached hydrogens (tertiary/aromatic N) is 2. The molecule has 0 spiro atoms. The predicted octanol–water partition coefficient (Wildman–Crippen LogP) is 15.8. The fraction of sp³-hybridized carbons (Fsp3) is 0. The van der Waals surface area contributed by atoms with Crippen LogP contribution in [-0.2, 0) is 0 Å². The fourth-order valence-corrected chi connectivity index (χ4v) is 9.37. The van der Waals surface area contributed by atoms with Crippen molar-refractivity contribution in [3.05, 3.63) is 218 Å². The number of hydrogen-bond donors (Lipinski definition) is 0. The lowest BCUT2D eigenvalue weighted by Gasteiger charge is -2.28. The van der Waals surface area contributed by atoms with Crippen LogP contribution in [0.2, 0.25) is 0 Å². The Morgan fingerprint density at radius 2 is 1.02 bits per heavy atom. The van der Waals surface area contributed by atoms with Gasteiger partial charge in [-0.2, -0.15) is 0 Å². The molecule has 3 nitrogen and oxygen atoms in total. The van der Waals surface area contributed by atoms with Gasteiger partial charge in [-0.3, -0.25) is 0 Å². The Bertz CT molecular complexity index is 3540. The van der Waals surface area contributed by atoms with Crippen molar-refractivity contribution in [3.63, 3.8) is 0 Å². The molecule has 12 aromatic rings. The second-order valence-electron chi connectivity index (χ2n) is 15.2. The minimum absolute atomic E-state index is 0.870. The first-order valence-corrected chi connectivity index (χ1v) is 20.2. The van der Waals surface area contributed by atoms with Gasteiger partial charge in [0.15, 0.2) is 0 Å². The van der Waals surface area contributed by atoms with E-state index in [-0.39, 0.29) is 0 Å². The van der Waals surface area contributed by atoms with Crippen LogP contribution in [0.5, 0.6) is 0 Å².